The van der Waals surface area contributed by atoms with Crippen molar-refractivity contribution >= 4 is 35.1 Å². The molecule has 0 saturated heterocycles. The number of esters is 1. The van der Waals surface area contributed by atoms with Gasteiger partial charge in [-0.1, -0.05) is 23.2 Å². The van der Waals surface area contributed by atoms with Gasteiger partial charge in [-0.2, -0.15) is 0 Å². The van der Waals surface area contributed by atoms with E-state index in [1.807, 2.05) is 0 Å². The van der Waals surface area contributed by atoms with Crippen molar-refractivity contribution in [2.45, 2.75) is 24.7 Å². The van der Waals surface area contributed by atoms with E-state index in [0.29, 0.717) is 0 Å². The van der Waals surface area contributed by atoms with Crippen LogP contribution < -0.4 is 5.32 Å². The molecule has 0 unspecified atom stereocenters. The Morgan fingerprint density at radius 2 is 2.00 bits per heavy atom. The van der Waals surface area contributed by atoms with Crippen LogP contribution in [0.2, 0.25) is 0 Å². The number of rotatable bonds is 4. The Balaban J connectivity index is 3.92. The molecule has 0 radical (unpaired) electrons. The summed E-state index contributed by atoms with van der Waals surface area (Å²) in [6, 6.07) is -0.729. The Kier molecular flexibility index (Phi) is 5.82. The lowest BCUT2D eigenvalue weighted by molar-refractivity contribution is -0.146. The number of carbonyl (C=O) groups is 2. The van der Waals surface area contributed by atoms with E-state index in [9.17, 15) is 9.59 Å². The van der Waals surface area contributed by atoms with Crippen LogP contribution in [0.3, 0.4) is 0 Å². The van der Waals surface area contributed by atoms with Gasteiger partial charge in [-0.15, -0.1) is 0 Å². The van der Waals surface area contributed by atoms with Crippen LogP contribution >= 0.6 is 23.2 Å². The zero-order valence-corrected chi connectivity index (χ0v) is 8.85. The summed E-state index contributed by atoms with van der Waals surface area (Å²) in [6.45, 7) is 3.44. The molecule has 0 fully saturated rings. The molecule has 0 saturated carbocycles. The lowest BCUT2D eigenvalue weighted by Gasteiger charge is -2.12. The minimum Gasteiger partial charge on any atom is -0.464 e. The van der Waals surface area contributed by atoms with E-state index in [4.69, 9.17) is 23.2 Å². The highest BCUT2D eigenvalue weighted by Crippen LogP contribution is 2.01. The Bertz CT molecular complexity index is 196. The molecule has 0 rings (SSSR count). The normalized spacial score (nSPS) is 12.4. The first kappa shape index (κ1) is 12.5. The largest absolute Gasteiger partial charge is 0.464 e. The van der Waals surface area contributed by atoms with Crippen molar-refractivity contribution < 1.29 is 14.3 Å². The zero-order chi connectivity index (χ0) is 10.4. The summed E-state index contributed by atoms with van der Waals surface area (Å²) < 4.78 is 4.64. The number of nitrogens with one attached hydrogen (secondary N) is 1. The monoisotopic (exact) mass is 227 g/mol. The van der Waals surface area contributed by atoms with Gasteiger partial charge in [0, 0.05) is 0 Å². The van der Waals surface area contributed by atoms with E-state index in [-0.39, 0.29) is 6.61 Å². The van der Waals surface area contributed by atoms with Crippen LogP contribution in [0.1, 0.15) is 13.8 Å². The van der Waals surface area contributed by atoms with Gasteiger partial charge in [0.25, 0.3) is 5.91 Å². The van der Waals surface area contributed by atoms with Gasteiger partial charge < -0.3 is 10.1 Å². The molecule has 4 nitrogen and oxygen atoms in total. The highest BCUT2D eigenvalue weighted by molar-refractivity contribution is 6.53. The molecular weight excluding hydrogens is 217 g/mol. The van der Waals surface area contributed by atoms with E-state index >= 15 is 0 Å². The summed E-state index contributed by atoms with van der Waals surface area (Å²) in [5, 5.41) is 2.29. The molecule has 0 heterocycles. The lowest BCUT2D eigenvalue weighted by atomic mass is 10.3. The Morgan fingerprint density at radius 3 is 2.38 bits per heavy atom. The van der Waals surface area contributed by atoms with E-state index in [1.54, 1.807) is 6.92 Å². The number of hydrogen-bond donors (Lipinski definition) is 1. The fourth-order valence-electron chi connectivity index (χ4n) is 0.603. The van der Waals surface area contributed by atoms with Crippen LogP contribution in [0.5, 0.6) is 0 Å². The average Bonchev–Trinajstić information content (AvgIpc) is 2.04. The molecule has 13 heavy (non-hydrogen) atoms. The fraction of sp³-hybridized carbons (Fsp3) is 0.714. The number of hydrogen-bond acceptors (Lipinski definition) is 3. The van der Waals surface area contributed by atoms with E-state index in [0.717, 1.165) is 0 Å². The molecule has 0 spiro atoms. The molecule has 0 aromatic rings. The summed E-state index contributed by atoms with van der Waals surface area (Å²) in [7, 11) is 0. The Hall–Kier alpha value is -0.480. The number of ether oxygens (including phenoxy) is 1. The van der Waals surface area contributed by atoms with Gasteiger partial charge in [0.15, 0.2) is 4.84 Å². The molecular formula is C7H11Cl2NO3. The van der Waals surface area contributed by atoms with Crippen molar-refractivity contribution in [3.8, 4) is 0 Å². The standard InChI is InChI=1S/C7H11Cl2NO3/c1-3-13-7(12)4(2)10-6(11)5(8)9/h4-5H,3H2,1-2H3,(H,10,11)/t4-/m0/s1. The van der Waals surface area contributed by atoms with E-state index in [2.05, 4.69) is 10.1 Å². The van der Waals surface area contributed by atoms with Crippen LogP contribution in [0.4, 0.5) is 0 Å². The second kappa shape index (κ2) is 6.05. The van der Waals surface area contributed by atoms with Crippen LogP contribution in [0.25, 0.3) is 0 Å². The highest BCUT2D eigenvalue weighted by atomic mass is 35.5. The van der Waals surface area contributed by atoms with Crippen molar-refractivity contribution in [3.63, 3.8) is 0 Å². The van der Waals surface area contributed by atoms with Crippen molar-refractivity contribution in [1.29, 1.82) is 0 Å². The summed E-state index contributed by atoms with van der Waals surface area (Å²) in [5.74, 6) is -1.12. The number of halogens is 2. The summed E-state index contributed by atoms with van der Waals surface area (Å²) in [5.41, 5.74) is 0. The van der Waals surface area contributed by atoms with E-state index < -0.39 is 22.8 Å². The molecule has 0 aliphatic carbocycles. The third kappa shape index (κ3) is 4.95. The zero-order valence-electron chi connectivity index (χ0n) is 7.34. The highest BCUT2D eigenvalue weighted by Gasteiger charge is 2.19. The Morgan fingerprint density at radius 1 is 1.46 bits per heavy atom. The molecule has 76 valence electrons. The summed E-state index contributed by atoms with van der Waals surface area (Å²) >= 11 is 10.5. The molecule has 1 N–H and O–H groups in total. The molecule has 0 bridgehead atoms. The maximum atomic E-state index is 11.0. The molecule has 0 aliphatic rings. The molecule has 1 amide bonds. The predicted octanol–water partition coefficient (Wildman–Crippen LogP) is 0.858. The van der Waals surface area contributed by atoms with Crippen molar-refractivity contribution in [2.75, 3.05) is 6.61 Å². The SMILES string of the molecule is CCOC(=O)[C@H](C)NC(=O)C(Cl)Cl. The van der Waals surface area contributed by atoms with Gasteiger partial charge in [-0.25, -0.2) is 4.79 Å². The maximum Gasteiger partial charge on any atom is 0.328 e. The van der Waals surface area contributed by atoms with Gasteiger partial charge in [0.1, 0.15) is 6.04 Å². The summed E-state index contributed by atoms with van der Waals surface area (Å²) in [4.78, 5) is 20.7. The molecule has 0 aliphatic heterocycles. The number of alkyl halides is 2. The summed E-state index contributed by atoms with van der Waals surface area (Å²) in [6.07, 6.45) is 0. The van der Waals surface area contributed by atoms with Crippen LogP contribution in [0, 0.1) is 0 Å². The second-order valence-corrected chi connectivity index (χ2v) is 3.38. The average molecular weight is 228 g/mol. The third-order valence-electron chi connectivity index (χ3n) is 1.20. The first-order valence-electron chi connectivity index (χ1n) is 3.74. The maximum absolute atomic E-state index is 11.0. The lowest BCUT2D eigenvalue weighted by Crippen LogP contribution is -2.41. The first-order valence-corrected chi connectivity index (χ1v) is 4.61. The number of amides is 1. The van der Waals surface area contributed by atoms with Gasteiger partial charge in [-0.3, -0.25) is 4.79 Å². The third-order valence-corrected chi connectivity index (χ3v) is 1.59. The van der Waals surface area contributed by atoms with Gasteiger partial charge >= 0.3 is 5.97 Å². The Labute approximate surface area is 86.5 Å². The molecule has 0 aromatic heterocycles. The molecule has 1 atom stereocenters. The van der Waals surface area contributed by atoms with Crippen molar-refractivity contribution in [3.05, 3.63) is 0 Å². The van der Waals surface area contributed by atoms with E-state index in [1.165, 1.54) is 6.92 Å². The van der Waals surface area contributed by atoms with Gasteiger partial charge in [0.2, 0.25) is 0 Å². The predicted molar refractivity (Wildman–Crippen MR) is 49.7 cm³/mol. The quantitative estimate of drug-likeness (QED) is 0.573. The minimum atomic E-state index is -1.17. The van der Waals surface area contributed by atoms with Crippen molar-refractivity contribution in [1.82, 2.24) is 5.32 Å². The second-order valence-electron chi connectivity index (χ2n) is 2.28. The topological polar surface area (TPSA) is 55.4 Å². The first-order chi connectivity index (χ1) is 5.99. The van der Waals surface area contributed by atoms with Crippen molar-refractivity contribution in [2.24, 2.45) is 0 Å². The van der Waals surface area contributed by atoms with Gasteiger partial charge in [-0.05, 0) is 13.8 Å². The minimum absolute atomic E-state index is 0.268. The molecule has 6 heteroatoms. The fourth-order valence-corrected chi connectivity index (χ4v) is 0.729. The number of carbonyl (C=O) groups excluding carboxylic acids is 2. The van der Waals surface area contributed by atoms with Crippen LogP contribution in [-0.4, -0.2) is 29.4 Å². The molecule has 0 aromatic carbocycles. The van der Waals surface area contributed by atoms with Crippen LogP contribution in [-0.2, 0) is 14.3 Å². The smallest absolute Gasteiger partial charge is 0.328 e. The van der Waals surface area contributed by atoms with Gasteiger partial charge in [0.05, 0.1) is 6.61 Å². The van der Waals surface area contributed by atoms with Crippen LogP contribution in [0.15, 0.2) is 0 Å².